The van der Waals surface area contributed by atoms with Crippen LogP contribution in [0.5, 0.6) is 0 Å². The molecule has 304 valence electrons. The summed E-state index contributed by atoms with van der Waals surface area (Å²) in [6.07, 6.45) is 7.44. The molecule has 2 aromatic carbocycles. The molecular formula is C39H60F3IO7S3. The molecule has 2 saturated carbocycles. The normalized spacial score (nSPS) is 19.7. The molecule has 0 saturated heterocycles. The lowest BCUT2D eigenvalue weighted by Crippen LogP contribution is -3.61. The number of unbranched alkanes of at least 4 members (excludes halogenated alkanes) is 2. The molecule has 2 fully saturated rings. The van der Waals surface area contributed by atoms with Crippen molar-refractivity contribution < 1.29 is 65.1 Å². The number of carbonyl (C=O) groups excluding carboxylic acids is 1. The van der Waals surface area contributed by atoms with Gasteiger partial charge in [-0.3, -0.25) is 4.79 Å². The Morgan fingerprint density at radius 2 is 1.15 bits per heavy atom. The predicted octanol–water partition coefficient (Wildman–Crippen LogP) is 5.79. The molecule has 53 heavy (non-hydrogen) atoms. The summed E-state index contributed by atoms with van der Waals surface area (Å²) in [6.45, 7) is 22.0. The van der Waals surface area contributed by atoms with Gasteiger partial charge in [-0.25, -0.2) is 16.8 Å². The Kier molecular flexibility index (Phi) is 19.1. The molecule has 0 aliphatic heterocycles. The van der Waals surface area contributed by atoms with E-state index in [0.29, 0.717) is 12.8 Å². The Balaban J connectivity index is 0.000000383. The summed E-state index contributed by atoms with van der Waals surface area (Å²) in [6, 6.07) is 18.4. The van der Waals surface area contributed by atoms with Crippen molar-refractivity contribution in [2.24, 2.45) is 16.7 Å². The Morgan fingerprint density at radius 1 is 0.774 bits per heavy atom. The number of hydrogen-bond donors (Lipinski definition) is 0. The van der Waals surface area contributed by atoms with Crippen LogP contribution in [0.4, 0.5) is 13.2 Å². The summed E-state index contributed by atoms with van der Waals surface area (Å²) in [5.41, 5.74) is -3.56. The summed E-state index contributed by atoms with van der Waals surface area (Å²) in [5.74, 6) is 2.57. The number of halogens is 4. The van der Waals surface area contributed by atoms with E-state index >= 15 is 0 Å². The van der Waals surface area contributed by atoms with E-state index in [4.69, 9.17) is 13.0 Å². The average molecular weight is 921 g/mol. The summed E-state index contributed by atoms with van der Waals surface area (Å²) < 4.78 is 94.6. The lowest BCUT2D eigenvalue weighted by atomic mass is 9.70. The van der Waals surface area contributed by atoms with Gasteiger partial charge in [-0.15, -0.1) is 0 Å². The monoisotopic (exact) mass is 920 g/mol. The van der Waals surface area contributed by atoms with E-state index in [-0.39, 0.29) is 49.2 Å². The zero-order chi connectivity index (χ0) is 41.1. The Labute approximate surface area is 332 Å². The molecule has 2 aliphatic carbocycles. The lowest BCUT2D eigenvalue weighted by molar-refractivity contribution is -0.597. The molecule has 0 radical (unpaired) electrons. The highest BCUT2D eigenvalue weighted by atomic mass is 127. The van der Waals surface area contributed by atoms with Crippen LogP contribution in [-0.2, 0) is 47.6 Å². The standard InChI is InChI=1S/C20H26I.C10H16O4S.C8H18S.CHF3O3S/c1-19(2,3)15-7-11-17(12-8-15)21-18-13-9-16(10-14-18)20(4,5)6;1-9(2)7-3-4-10(9,8(11)5-7)6-15(12,13)14;1-3-5-7-9-8-6-4-2;2-1(3,4)8(5,6)7/h7-14H,1-6H3;7H,3-6H2,1-2H3,(H,12,13,14);3-8H2,1-2H3;(H,5,6,7)/q+1;;;/p-1. The molecule has 0 spiro atoms. The van der Waals surface area contributed by atoms with Crippen LogP contribution in [0, 0.1) is 23.9 Å². The Morgan fingerprint density at radius 3 is 1.40 bits per heavy atom. The van der Waals surface area contributed by atoms with Crippen molar-refractivity contribution in [1.29, 1.82) is 0 Å². The van der Waals surface area contributed by atoms with Crippen molar-refractivity contribution in [1.82, 2.24) is 0 Å². The second kappa shape index (κ2) is 20.3. The molecule has 2 unspecified atom stereocenters. The second-order valence-corrected chi connectivity index (χ2v) is 23.4. The minimum atomic E-state index is -6.09. The summed E-state index contributed by atoms with van der Waals surface area (Å²) >= 11 is 1.60. The summed E-state index contributed by atoms with van der Waals surface area (Å²) in [7, 11) is -10.4. The molecule has 7 nitrogen and oxygen atoms in total. The summed E-state index contributed by atoms with van der Waals surface area (Å²) in [4.78, 5) is 11.8. The van der Waals surface area contributed by atoms with Crippen LogP contribution < -0.4 is 21.2 Å². The van der Waals surface area contributed by atoms with E-state index in [1.807, 2.05) is 13.8 Å². The van der Waals surface area contributed by atoms with E-state index in [0.717, 1.165) is 6.42 Å². The van der Waals surface area contributed by atoms with Gasteiger partial charge in [-0.05, 0) is 95.0 Å². The zero-order valence-electron chi connectivity index (χ0n) is 32.9. The third-order valence-corrected chi connectivity index (χ3v) is 15.2. The predicted molar refractivity (Wildman–Crippen MR) is 205 cm³/mol. The van der Waals surface area contributed by atoms with Crippen LogP contribution in [-0.4, -0.2) is 54.5 Å². The number of Topliss-reactive ketones (excluding diaryl/α,β-unsaturated/α-hetero) is 1. The van der Waals surface area contributed by atoms with Crippen molar-refractivity contribution >= 4 is 37.8 Å². The number of carbonyl (C=O) groups is 1. The molecule has 14 heteroatoms. The number of fused-ring (bicyclic) bond motifs is 2. The van der Waals surface area contributed by atoms with Crippen molar-refractivity contribution in [3.05, 3.63) is 66.8 Å². The molecular weight excluding hydrogens is 861 g/mol. The minimum Gasteiger partial charge on any atom is -0.748 e. The molecule has 4 rings (SSSR count). The van der Waals surface area contributed by atoms with Gasteiger partial charge in [0.05, 0.1) is 15.9 Å². The third-order valence-electron chi connectivity index (χ3n) is 9.82. The number of rotatable bonds is 10. The maximum Gasteiger partial charge on any atom is 0.485 e. The fourth-order valence-corrected chi connectivity index (χ4v) is 11.0. The first kappa shape index (κ1) is 49.8. The molecule has 0 amide bonds. The molecule has 0 aromatic heterocycles. The van der Waals surface area contributed by atoms with E-state index in [1.165, 1.54) is 55.5 Å². The van der Waals surface area contributed by atoms with Gasteiger partial charge >= 0.3 is 26.7 Å². The number of thiol groups is 1. The van der Waals surface area contributed by atoms with Gasteiger partial charge in [0.2, 0.25) is 0 Å². The minimum absolute atomic E-state index is 0.0248. The van der Waals surface area contributed by atoms with Crippen LogP contribution in [0.15, 0.2) is 48.5 Å². The highest BCUT2D eigenvalue weighted by Gasteiger charge is 2.64. The van der Waals surface area contributed by atoms with E-state index in [9.17, 15) is 30.9 Å². The van der Waals surface area contributed by atoms with Crippen molar-refractivity contribution in [2.45, 2.75) is 131 Å². The fraction of sp³-hybridized carbons (Fsp3) is 0.667. The van der Waals surface area contributed by atoms with Gasteiger partial charge in [-0.2, -0.15) is 13.2 Å². The quantitative estimate of drug-likeness (QED) is 0.0737. The SMILES string of the molecule is CC(C)(C)c1ccc([I+]c2ccc(C(C)(C)C)cc2)cc1.CC1(C)C2CCC1(CS(=O)(=O)[O-])C(=O)C2.CCCC[SH+]CCCC.O=S(=O)([O-])C(F)(F)F. The van der Waals surface area contributed by atoms with Gasteiger partial charge in [0, 0.05) is 11.8 Å². The lowest BCUT2D eigenvalue weighted by Gasteiger charge is -2.37. The third kappa shape index (κ3) is 16.1. The Hall–Kier alpha value is -1.20. The molecule has 2 aromatic rings. The highest BCUT2D eigenvalue weighted by Crippen LogP contribution is 2.64. The van der Waals surface area contributed by atoms with Gasteiger partial charge in [0.1, 0.15) is 17.3 Å². The van der Waals surface area contributed by atoms with Crippen LogP contribution in [0.1, 0.15) is 125 Å². The van der Waals surface area contributed by atoms with E-state index in [1.54, 1.807) is 11.8 Å². The Bertz CT molecular complexity index is 1580. The first-order valence-corrected chi connectivity index (χ1v) is 24.4. The topological polar surface area (TPSA) is 131 Å². The number of hydrogen-bond acceptors (Lipinski definition) is 7. The molecule has 0 N–H and O–H groups in total. The fourth-order valence-electron chi connectivity index (χ4n) is 6.21. The zero-order valence-corrected chi connectivity index (χ0v) is 37.6. The highest BCUT2D eigenvalue weighted by molar-refractivity contribution is 7.86. The first-order valence-electron chi connectivity index (χ1n) is 18.0. The first-order chi connectivity index (χ1) is 24.0. The second-order valence-electron chi connectivity index (χ2n) is 16.3. The van der Waals surface area contributed by atoms with E-state index < -0.39 is 36.9 Å². The molecule has 2 bridgehead atoms. The molecule has 2 atom stereocenters. The van der Waals surface area contributed by atoms with E-state index in [2.05, 4.69) is 104 Å². The van der Waals surface area contributed by atoms with Crippen LogP contribution in [0.3, 0.4) is 0 Å². The molecule has 0 heterocycles. The number of ketones is 1. The van der Waals surface area contributed by atoms with Gasteiger partial charge in [-0.1, -0.05) is 106 Å². The molecule has 2 aliphatic rings. The van der Waals surface area contributed by atoms with Gasteiger partial charge in [0.25, 0.3) is 0 Å². The average Bonchev–Trinajstić information content (AvgIpc) is 3.34. The van der Waals surface area contributed by atoms with Crippen molar-refractivity contribution in [3.63, 3.8) is 0 Å². The van der Waals surface area contributed by atoms with Crippen molar-refractivity contribution in [2.75, 3.05) is 17.3 Å². The van der Waals surface area contributed by atoms with Crippen LogP contribution in [0.2, 0.25) is 0 Å². The van der Waals surface area contributed by atoms with Crippen LogP contribution in [0.25, 0.3) is 0 Å². The maximum atomic E-state index is 11.8. The number of benzene rings is 2. The largest absolute Gasteiger partial charge is 0.748 e. The summed E-state index contributed by atoms with van der Waals surface area (Å²) in [5, 5.41) is 0. The maximum absolute atomic E-state index is 11.8. The van der Waals surface area contributed by atoms with Crippen molar-refractivity contribution in [3.8, 4) is 0 Å². The van der Waals surface area contributed by atoms with Gasteiger partial charge < -0.3 is 9.11 Å². The van der Waals surface area contributed by atoms with Gasteiger partial charge in [0.15, 0.2) is 17.3 Å². The van der Waals surface area contributed by atoms with Crippen LogP contribution >= 0.6 is 0 Å². The smallest absolute Gasteiger partial charge is 0.485 e. The number of alkyl halides is 3.